The minimum atomic E-state index is -0.158. The highest BCUT2D eigenvalue weighted by atomic mass is 16.5. The van der Waals surface area contributed by atoms with Gasteiger partial charge in [-0.2, -0.15) is 0 Å². The molecule has 3 rings (SSSR count). The average Bonchev–Trinajstić information content (AvgIpc) is 2.73. The zero-order valence-corrected chi connectivity index (χ0v) is 16.1. The summed E-state index contributed by atoms with van der Waals surface area (Å²) in [5.74, 6) is 0.832. The summed E-state index contributed by atoms with van der Waals surface area (Å²) in [4.78, 5) is 15.2. The molecule has 0 aliphatic carbocycles. The number of ether oxygens (including phenoxy) is 1. The van der Waals surface area contributed by atoms with E-state index >= 15 is 0 Å². The summed E-state index contributed by atoms with van der Waals surface area (Å²) in [5, 5.41) is 0. The minimum Gasteiger partial charge on any atom is -0.497 e. The number of carbonyl (C=O) groups excluding carboxylic acids is 1. The standard InChI is InChI=1S/C24H25NO2/c1-4-25(24(26)21-8-6-5-7-9-21)23(19-12-10-18(2)11-13-19)20-14-16-22(27-3)17-15-20/h5-17,23H,4H2,1-3H3. The highest BCUT2D eigenvalue weighted by Crippen LogP contribution is 2.31. The Hall–Kier alpha value is -3.07. The number of amides is 1. The summed E-state index contributed by atoms with van der Waals surface area (Å²) in [6.07, 6.45) is 0. The lowest BCUT2D eigenvalue weighted by molar-refractivity contribution is 0.0717. The molecule has 0 spiro atoms. The third-order valence-corrected chi connectivity index (χ3v) is 4.76. The maximum absolute atomic E-state index is 13.3. The predicted octanol–water partition coefficient (Wildman–Crippen LogP) is 5.26. The van der Waals surface area contributed by atoms with Gasteiger partial charge in [-0.25, -0.2) is 0 Å². The number of carbonyl (C=O) groups is 1. The van der Waals surface area contributed by atoms with E-state index in [0.717, 1.165) is 16.9 Å². The van der Waals surface area contributed by atoms with Crippen molar-refractivity contribution < 1.29 is 9.53 Å². The summed E-state index contributed by atoms with van der Waals surface area (Å²) in [6.45, 7) is 4.70. The van der Waals surface area contributed by atoms with Crippen molar-refractivity contribution in [3.8, 4) is 5.75 Å². The van der Waals surface area contributed by atoms with Gasteiger partial charge in [0.1, 0.15) is 5.75 Å². The number of hydrogen-bond donors (Lipinski definition) is 0. The van der Waals surface area contributed by atoms with Crippen LogP contribution in [-0.2, 0) is 0 Å². The maximum Gasteiger partial charge on any atom is 0.254 e. The molecule has 3 nitrogen and oxygen atoms in total. The van der Waals surface area contributed by atoms with Crippen molar-refractivity contribution in [3.63, 3.8) is 0 Å². The number of benzene rings is 3. The Morgan fingerprint density at radius 3 is 1.96 bits per heavy atom. The van der Waals surface area contributed by atoms with Gasteiger partial charge in [-0.15, -0.1) is 0 Å². The molecule has 1 unspecified atom stereocenters. The first-order chi connectivity index (χ1) is 13.1. The lowest BCUT2D eigenvalue weighted by Crippen LogP contribution is -2.35. The molecular formula is C24H25NO2. The topological polar surface area (TPSA) is 29.5 Å². The molecule has 3 aromatic carbocycles. The van der Waals surface area contributed by atoms with Crippen LogP contribution in [0.25, 0.3) is 0 Å². The number of hydrogen-bond acceptors (Lipinski definition) is 2. The maximum atomic E-state index is 13.3. The molecule has 0 fully saturated rings. The molecular weight excluding hydrogens is 334 g/mol. The van der Waals surface area contributed by atoms with Crippen LogP contribution < -0.4 is 4.74 Å². The number of nitrogens with zero attached hydrogens (tertiary/aromatic N) is 1. The van der Waals surface area contributed by atoms with Gasteiger partial charge in [0.15, 0.2) is 0 Å². The fourth-order valence-electron chi connectivity index (χ4n) is 3.28. The molecule has 0 aromatic heterocycles. The van der Waals surface area contributed by atoms with Gasteiger partial charge in [-0.1, -0.05) is 60.2 Å². The van der Waals surface area contributed by atoms with Crippen LogP contribution in [0.3, 0.4) is 0 Å². The highest BCUT2D eigenvalue weighted by molar-refractivity contribution is 5.94. The summed E-state index contributed by atoms with van der Waals surface area (Å²) < 4.78 is 5.29. The van der Waals surface area contributed by atoms with Crippen LogP contribution in [0.4, 0.5) is 0 Å². The van der Waals surface area contributed by atoms with E-state index < -0.39 is 0 Å². The molecule has 1 amide bonds. The monoisotopic (exact) mass is 359 g/mol. The van der Waals surface area contributed by atoms with E-state index in [-0.39, 0.29) is 11.9 Å². The zero-order valence-electron chi connectivity index (χ0n) is 16.1. The summed E-state index contributed by atoms with van der Waals surface area (Å²) in [7, 11) is 1.66. The molecule has 0 radical (unpaired) electrons. The van der Waals surface area contributed by atoms with E-state index in [0.29, 0.717) is 12.1 Å². The summed E-state index contributed by atoms with van der Waals surface area (Å²) in [5.41, 5.74) is 4.05. The normalized spacial score (nSPS) is 11.7. The molecule has 0 aliphatic rings. The van der Waals surface area contributed by atoms with Crippen LogP contribution >= 0.6 is 0 Å². The quantitative estimate of drug-likeness (QED) is 0.601. The Bertz CT molecular complexity index is 871. The van der Waals surface area contributed by atoms with E-state index in [1.807, 2.05) is 66.4 Å². The van der Waals surface area contributed by atoms with Crippen molar-refractivity contribution in [2.24, 2.45) is 0 Å². The van der Waals surface area contributed by atoms with Gasteiger partial charge in [0.05, 0.1) is 13.2 Å². The number of rotatable bonds is 6. The second-order valence-electron chi connectivity index (χ2n) is 6.54. The van der Waals surface area contributed by atoms with E-state index in [1.165, 1.54) is 5.56 Å². The lowest BCUT2D eigenvalue weighted by atomic mass is 9.95. The minimum absolute atomic E-state index is 0.0273. The van der Waals surface area contributed by atoms with Gasteiger partial charge >= 0.3 is 0 Å². The van der Waals surface area contributed by atoms with E-state index in [2.05, 4.69) is 31.2 Å². The molecule has 27 heavy (non-hydrogen) atoms. The summed E-state index contributed by atoms with van der Waals surface area (Å²) in [6, 6.07) is 25.6. The van der Waals surface area contributed by atoms with Crippen molar-refractivity contribution >= 4 is 5.91 Å². The molecule has 0 N–H and O–H groups in total. The van der Waals surface area contributed by atoms with E-state index in [1.54, 1.807) is 7.11 Å². The third kappa shape index (κ3) is 4.20. The molecule has 0 saturated carbocycles. The fourth-order valence-corrected chi connectivity index (χ4v) is 3.28. The van der Waals surface area contributed by atoms with Gasteiger partial charge in [0.25, 0.3) is 5.91 Å². The number of methoxy groups -OCH3 is 1. The smallest absolute Gasteiger partial charge is 0.254 e. The van der Waals surface area contributed by atoms with Crippen molar-refractivity contribution in [1.29, 1.82) is 0 Å². The van der Waals surface area contributed by atoms with Crippen LogP contribution in [0.5, 0.6) is 5.75 Å². The Kier molecular flexibility index (Phi) is 5.92. The summed E-state index contributed by atoms with van der Waals surface area (Å²) >= 11 is 0. The molecule has 0 aliphatic heterocycles. The van der Waals surface area contributed by atoms with Crippen molar-refractivity contribution in [2.45, 2.75) is 19.9 Å². The molecule has 138 valence electrons. The van der Waals surface area contributed by atoms with Gasteiger partial charge in [0, 0.05) is 12.1 Å². The van der Waals surface area contributed by atoms with Crippen molar-refractivity contribution in [2.75, 3.05) is 13.7 Å². The van der Waals surface area contributed by atoms with E-state index in [9.17, 15) is 4.79 Å². The SMILES string of the molecule is CCN(C(=O)c1ccccc1)C(c1ccc(C)cc1)c1ccc(OC)cc1. The highest BCUT2D eigenvalue weighted by Gasteiger charge is 2.26. The largest absolute Gasteiger partial charge is 0.497 e. The Balaban J connectivity index is 2.06. The van der Waals surface area contributed by atoms with Gasteiger partial charge in [-0.05, 0) is 49.2 Å². The third-order valence-electron chi connectivity index (χ3n) is 4.76. The van der Waals surface area contributed by atoms with Gasteiger partial charge in [0.2, 0.25) is 0 Å². The molecule has 0 heterocycles. The van der Waals surface area contributed by atoms with Gasteiger partial charge in [-0.3, -0.25) is 4.79 Å². The fraction of sp³-hybridized carbons (Fsp3) is 0.208. The Morgan fingerprint density at radius 2 is 1.44 bits per heavy atom. The van der Waals surface area contributed by atoms with Crippen LogP contribution in [0.2, 0.25) is 0 Å². The lowest BCUT2D eigenvalue weighted by Gasteiger charge is -2.32. The van der Waals surface area contributed by atoms with Crippen molar-refractivity contribution in [1.82, 2.24) is 4.90 Å². The van der Waals surface area contributed by atoms with Crippen LogP contribution in [0.15, 0.2) is 78.9 Å². The van der Waals surface area contributed by atoms with Gasteiger partial charge < -0.3 is 9.64 Å². The van der Waals surface area contributed by atoms with Crippen LogP contribution in [0, 0.1) is 6.92 Å². The first kappa shape index (κ1) is 18.7. The predicted molar refractivity (Wildman–Crippen MR) is 109 cm³/mol. The second kappa shape index (κ2) is 8.54. The van der Waals surface area contributed by atoms with Crippen LogP contribution in [0.1, 0.15) is 40.0 Å². The Morgan fingerprint density at radius 1 is 0.889 bits per heavy atom. The molecule has 0 bridgehead atoms. The molecule has 0 saturated heterocycles. The van der Waals surface area contributed by atoms with E-state index in [4.69, 9.17) is 4.74 Å². The second-order valence-corrected chi connectivity index (χ2v) is 6.54. The van der Waals surface area contributed by atoms with Crippen LogP contribution in [-0.4, -0.2) is 24.5 Å². The molecule has 1 atom stereocenters. The Labute approximate surface area is 161 Å². The average molecular weight is 359 g/mol. The van der Waals surface area contributed by atoms with Crippen molar-refractivity contribution in [3.05, 3.63) is 101 Å². The molecule has 3 heteroatoms. The first-order valence-electron chi connectivity index (χ1n) is 9.20. The zero-order chi connectivity index (χ0) is 19.2. The molecule has 3 aromatic rings. The number of aryl methyl sites for hydroxylation is 1. The first-order valence-corrected chi connectivity index (χ1v) is 9.20.